The van der Waals surface area contributed by atoms with Crippen molar-refractivity contribution in [2.75, 3.05) is 0 Å². The Morgan fingerprint density at radius 1 is 1.06 bits per heavy atom. The number of nitrogens with two attached hydrogens (primary N) is 1. The van der Waals surface area contributed by atoms with Crippen LogP contribution in [0.2, 0.25) is 5.02 Å². The minimum atomic E-state index is -0.451. The molecule has 0 aliphatic heterocycles. The molecule has 0 saturated heterocycles. The smallest absolute Gasteiger partial charge is 0.131 e. The second-order valence-electron chi connectivity index (χ2n) is 4.15. The first-order valence-electron chi connectivity index (χ1n) is 5.49. The van der Waals surface area contributed by atoms with Crippen molar-refractivity contribution in [3.8, 4) is 11.1 Å². The molecule has 0 aromatic heterocycles. The normalized spacial score (nSPS) is 12.5. The lowest BCUT2D eigenvalue weighted by Crippen LogP contribution is -2.05. The highest BCUT2D eigenvalue weighted by Crippen LogP contribution is 2.31. The summed E-state index contributed by atoms with van der Waals surface area (Å²) in [5.41, 5.74) is 7.34. The fraction of sp³-hybridized carbons (Fsp3) is 0.143. The fourth-order valence-corrected chi connectivity index (χ4v) is 2.01. The Bertz CT molecular complexity index is 582. The molecule has 2 aromatic carbocycles. The maximum absolute atomic E-state index is 13.8. The molecule has 0 bridgehead atoms. The lowest BCUT2D eigenvalue weighted by molar-refractivity contribution is 0.625. The van der Waals surface area contributed by atoms with E-state index in [1.165, 1.54) is 18.2 Å². The van der Waals surface area contributed by atoms with Gasteiger partial charge in [0.2, 0.25) is 0 Å². The van der Waals surface area contributed by atoms with Crippen LogP contribution in [-0.4, -0.2) is 0 Å². The van der Waals surface area contributed by atoms with Crippen molar-refractivity contribution in [3.63, 3.8) is 0 Å². The van der Waals surface area contributed by atoms with Crippen LogP contribution in [0, 0.1) is 11.6 Å². The van der Waals surface area contributed by atoms with E-state index in [-0.39, 0.29) is 11.1 Å². The van der Waals surface area contributed by atoms with E-state index in [2.05, 4.69) is 0 Å². The van der Waals surface area contributed by atoms with Gasteiger partial charge in [-0.25, -0.2) is 8.78 Å². The van der Waals surface area contributed by atoms with Crippen molar-refractivity contribution in [1.82, 2.24) is 0 Å². The topological polar surface area (TPSA) is 26.0 Å². The van der Waals surface area contributed by atoms with Crippen molar-refractivity contribution in [2.45, 2.75) is 13.0 Å². The average molecular weight is 268 g/mol. The minimum Gasteiger partial charge on any atom is -0.324 e. The van der Waals surface area contributed by atoms with Gasteiger partial charge in [-0.15, -0.1) is 0 Å². The molecule has 0 saturated carbocycles. The van der Waals surface area contributed by atoms with Gasteiger partial charge >= 0.3 is 0 Å². The summed E-state index contributed by atoms with van der Waals surface area (Å²) < 4.78 is 26.8. The summed E-state index contributed by atoms with van der Waals surface area (Å²) in [7, 11) is 0. The molecule has 2 rings (SSSR count). The van der Waals surface area contributed by atoms with Gasteiger partial charge in [0.05, 0.1) is 5.02 Å². The molecule has 1 atom stereocenters. The Morgan fingerprint density at radius 2 is 1.78 bits per heavy atom. The fourth-order valence-electron chi connectivity index (χ4n) is 1.74. The van der Waals surface area contributed by atoms with Crippen LogP contribution in [0.15, 0.2) is 36.4 Å². The zero-order chi connectivity index (χ0) is 13.3. The molecule has 0 aliphatic carbocycles. The van der Waals surface area contributed by atoms with E-state index < -0.39 is 11.6 Å². The van der Waals surface area contributed by atoms with Crippen molar-refractivity contribution in [2.24, 2.45) is 5.73 Å². The second kappa shape index (κ2) is 5.04. The summed E-state index contributed by atoms with van der Waals surface area (Å²) in [6.07, 6.45) is 0. The van der Waals surface area contributed by atoms with E-state index in [0.29, 0.717) is 11.1 Å². The van der Waals surface area contributed by atoms with Crippen LogP contribution >= 0.6 is 11.6 Å². The Morgan fingerprint density at radius 3 is 2.39 bits per heavy atom. The molecule has 0 aliphatic rings. The summed E-state index contributed by atoms with van der Waals surface area (Å²) in [4.78, 5) is 0. The third-order valence-electron chi connectivity index (χ3n) is 2.74. The molecule has 1 unspecified atom stereocenters. The third-order valence-corrected chi connectivity index (χ3v) is 3.05. The maximum atomic E-state index is 13.8. The number of hydrogen-bond acceptors (Lipinski definition) is 1. The van der Waals surface area contributed by atoms with Crippen molar-refractivity contribution in [1.29, 1.82) is 0 Å². The number of rotatable bonds is 2. The van der Waals surface area contributed by atoms with Crippen LogP contribution < -0.4 is 5.73 Å². The van der Waals surface area contributed by atoms with Gasteiger partial charge < -0.3 is 5.73 Å². The van der Waals surface area contributed by atoms with Gasteiger partial charge in [-0.1, -0.05) is 17.7 Å². The molecular formula is C14H12ClF2N. The highest BCUT2D eigenvalue weighted by atomic mass is 35.5. The molecule has 4 heteroatoms. The largest absolute Gasteiger partial charge is 0.324 e. The van der Waals surface area contributed by atoms with Crippen molar-refractivity contribution in [3.05, 3.63) is 58.6 Å². The third kappa shape index (κ3) is 2.52. The predicted octanol–water partition coefficient (Wildman–Crippen LogP) is 4.30. The van der Waals surface area contributed by atoms with Gasteiger partial charge in [-0.3, -0.25) is 0 Å². The van der Waals surface area contributed by atoms with Gasteiger partial charge in [-0.2, -0.15) is 0 Å². The Hall–Kier alpha value is -1.45. The van der Waals surface area contributed by atoms with Gasteiger partial charge in [-0.05, 0) is 42.8 Å². The summed E-state index contributed by atoms with van der Waals surface area (Å²) in [5.74, 6) is -0.861. The number of hydrogen-bond donors (Lipinski definition) is 1. The minimum absolute atomic E-state index is 0.177. The first-order chi connectivity index (χ1) is 8.49. The summed E-state index contributed by atoms with van der Waals surface area (Å²) in [5, 5.41) is 0.177. The zero-order valence-electron chi connectivity index (χ0n) is 9.75. The first-order valence-corrected chi connectivity index (χ1v) is 5.87. The SMILES string of the molecule is CC(N)c1ccc(F)c(-c2ccc(F)cc2Cl)c1. The summed E-state index contributed by atoms with van der Waals surface area (Å²) in [6, 6.07) is 8.27. The quantitative estimate of drug-likeness (QED) is 0.862. The Kier molecular flexibility index (Phi) is 3.64. The molecule has 1 nitrogen and oxygen atoms in total. The van der Waals surface area contributed by atoms with Crippen LogP contribution in [0.25, 0.3) is 11.1 Å². The standard InChI is InChI=1S/C14H12ClF2N/c1-8(18)9-2-5-14(17)12(6-9)11-4-3-10(16)7-13(11)15/h2-8H,18H2,1H3. The first kappa shape index (κ1) is 13.0. The van der Waals surface area contributed by atoms with Crippen LogP contribution in [0.1, 0.15) is 18.5 Å². The van der Waals surface area contributed by atoms with Crippen LogP contribution in [0.3, 0.4) is 0 Å². The lowest BCUT2D eigenvalue weighted by atomic mass is 10.00. The van der Waals surface area contributed by atoms with E-state index in [0.717, 1.165) is 11.6 Å². The zero-order valence-corrected chi connectivity index (χ0v) is 10.5. The van der Waals surface area contributed by atoms with E-state index in [1.807, 2.05) is 6.92 Å². The van der Waals surface area contributed by atoms with E-state index >= 15 is 0 Å². The molecule has 0 amide bonds. The lowest BCUT2D eigenvalue weighted by Gasteiger charge is -2.11. The highest BCUT2D eigenvalue weighted by molar-refractivity contribution is 6.33. The van der Waals surface area contributed by atoms with Crippen LogP contribution in [-0.2, 0) is 0 Å². The molecule has 94 valence electrons. The molecule has 18 heavy (non-hydrogen) atoms. The summed E-state index contributed by atoms with van der Waals surface area (Å²) in [6.45, 7) is 1.81. The van der Waals surface area contributed by atoms with Crippen LogP contribution in [0.5, 0.6) is 0 Å². The predicted molar refractivity (Wildman–Crippen MR) is 69.4 cm³/mol. The monoisotopic (exact) mass is 267 g/mol. The molecule has 0 fully saturated rings. The molecule has 0 radical (unpaired) electrons. The number of halogens is 3. The average Bonchev–Trinajstić information content (AvgIpc) is 2.30. The highest BCUT2D eigenvalue weighted by Gasteiger charge is 2.11. The Balaban J connectivity index is 2.59. The van der Waals surface area contributed by atoms with Gasteiger partial charge in [0.15, 0.2) is 0 Å². The van der Waals surface area contributed by atoms with E-state index in [9.17, 15) is 8.78 Å². The van der Waals surface area contributed by atoms with E-state index in [1.54, 1.807) is 12.1 Å². The molecule has 2 N–H and O–H groups in total. The molecule has 0 spiro atoms. The van der Waals surface area contributed by atoms with Crippen LogP contribution in [0.4, 0.5) is 8.78 Å². The molecule has 0 heterocycles. The van der Waals surface area contributed by atoms with E-state index in [4.69, 9.17) is 17.3 Å². The number of benzene rings is 2. The van der Waals surface area contributed by atoms with Gasteiger partial charge in [0.1, 0.15) is 11.6 Å². The van der Waals surface area contributed by atoms with Crippen molar-refractivity contribution < 1.29 is 8.78 Å². The van der Waals surface area contributed by atoms with Gasteiger partial charge in [0.25, 0.3) is 0 Å². The van der Waals surface area contributed by atoms with Gasteiger partial charge in [0, 0.05) is 17.2 Å². The van der Waals surface area contributed by atoms with Crippen molar-refractivity contribution >= 4 is 11.6 Å². The second-order valence-corrected chi connectivity index (χ2v) is 4.56. The molecular weight excluding hydrogens is 256 g/mol. The molecule has 2 aromatic rings. The summed E-state index contributed by atoms with van der Waals surface area (Å²) >= 11 is 5.93. The Labute approximate surface area is 109 Å². The maximum Gasteiger partial charge on any atom is 0.131 e.